The van der Waals surface area contributed by atoms with Crippen LogP contribution in [0.1, 0.15) is 32.1 Å². The van der Waals surface area contributed by atoms with E-state index in [1.54, 1.807) is 0 Å². The van der Waals surface area contributed by atoms with E-state index in [9.17, 15) is 18.4 Å². The number of alkyl halides is 2. The predicted molar refractivity (Wildman–Crippen MR) is 71.3 cm³/mol. The normalized spacial score (nSPS) is 22.3. The summed E-state index contributed by atoms with van der Waals surface area (Å²) in [6.07, 6.45) is -0.498. The van der Waals surface area contributed by atoms with E-state index in [1.165, 1.54) is 12.1 Å². The first kappa shape index (κ1) is 15.7. The third-order valence-corrected chi connectivity index (χ3v) is 3.92. The average molecular weight is 303 g/mol. The number of hydrogen-bond acceptors (Lipinski definition) is 3. The fourth-order valence-electron chi connectivity index (χ4n) is 2.63. The molecule has 0 saturated heterocycles. The Labute approximate surface area is 121 Å². The SMILES string of the molecule is CN(CC1=NN(CC2CCC(F)(F)CC2)C(=O)C1)C(=O)O. The third kappa shape index (κ3) is 4.12. The van der Waals surface area contributed by atoms with Gasteiger partial charge in [0.25, 0.3) is 0 Å². The molecule has 0 unspecified atom stereocenters. The summed E-state index contributed by atoms with van der Waals surface area (Å²) in [5, 5.41) is 14.2. The van der Waals surface area contributed by atoms with Crippen molar-refractivity contribution in [3.05, 3.63) is 0 Å². The number of amides is 2. The second-order valence-electron chi connectivity index (χ2n) is 5.76. The van der Waals surface area contributed by atoms with Crippen molar-refractivity contribution >= 4 is 17.7 Å². The van der Waals surface area contributed by atoms with Gasteiger partial charge in [0.05, 0.1) is 18.7 Å². The quantitative estimate of drug-likeness (QED) is 0.863. The van der Waals surface area contributed by atoms with Gasteiger partial charge in [-0.3, -0.25) is 4.79 Å². The number of hydrazone groups is 1. The van der Waals surface area contributed by atoms with Gasteiger partial charge in [0.1, 0.15) is 0 Å². The summed E-state index contributed by atoms with van der Waals surface area (Å²) in [6.45, 7) is 0.426. The van der Waals surface area contributed by atoms with E-state index in [-0.39, 0.29) is 37.6 Å². The molecule has 1 N–H and O–H groups in total. The van der Waals surface area contributed by atoms with Crippen molar-refractivity contribution in [3.63, 3.8) is 0 Å². The molecule has 8 heteroatoms. The maximum Gasteiger partial charge on any atom is 0.407 e. The number of halogens is 2. The highest BCUT2D eigenvalue weighted by molar-refractivity contribution is 6.06. The molecule has 2 rings (SSSR count). The molecular formula is C13H19F2N3O3. The first-order valence-electron chi connectivity index (χ1n) is 6.95. The zero-order chi connectivity index (χ0) is 15.6. The fourth-order valence-corrected chi connectivity index (χ4v) is 2.63. The highest BCUT2D eigenvalue weighted by Gasteiger charge is 2.36. The average Bonchev–Trinajstić information content (AvgIpc) is 2.72. The van der Waals surface area contributed by atoms with Gasteiger partial charge in [0.2, 0.25) is 11.8 Å². The smallest absolute Gasteiger partial charge is 0.407 e. The summed E-state index contributed by atoms with van der Waals surface area (Å²) in [4.78, 5) is 23.6. The van der Waals surface area contributed by atoms with Gasteiger partial charge in [-0.05, 0) is 18.8 Å². The zero-order valence-corrected chi connectivity index (χ0v) is 11.9. The Hall–Kier alpha value is -1.73. The van der Waals surface area contributed by atoms with Crippen LogP contribution in [0.2, 0.25) is 0 Å². The largest absolute Gasteiger partial charge is 0.465 e. The summed E-state index contributed by atoms with van der Waals surface area (Å²) >= 11 is 0. The number of nitrogens with zero attached hydrogens (tertiary/aromatic N) is 3. The summed E-state index contributed by atoms with van der Waals surface area (Å²) in [5.41, 5.74) is 0.492. The zero-order valence-electron chi connectivity index (χ0n) is 11.9. The highest BCUT2D eigenvalue weighted by atomic mass is 19.3. The van der Waals surface area contributed by atoms with Crippen molar-refractivity contribution in [2.75, 3.05) is 20.1 Å². The van der Waals surface area contributed by atoms with E-state index < -0.39 is 12.0 Å². The summed E-state index contributed by atoms with van der Waals surface area (Å²) in [7, 11) is 1.40. The fraction of sp³-hybridized carbons (Fsp3) is 0.769. The Balaban J connectivity index is 1.87. The van der Waals surface area contributed by atoms with Crippen LogP contribution in [0.4, 0.5) is 13.6 Å². The van der Waals surface area contributed by atoms with Gasteiger partial charge >= 0.3 is 6.09 Å². The molecule has 2 aliphatic rings. The molecule has 21 heavy (non-hydrogen) atoms. The van der Waals surface area contributed by atoms with Crippen molar-refractivity contribution in [3.8, 4) is 0 Å². The van der Waals surface area contributed by atoms with Crippen molar-refractivity contribution in [2.45, 2.75) is 38.0 Å². The first-order valence-corrected chi connectivity index (χ1v) is 6.95. The molecule has 0 bridgehead atoms. The monoisotopic (exact) mass is 303 g/mol. The Morgan fingerprint density at radius 2 is 2.10 bits per heavy atom. The van der Waals surface area contributed by atoms with Crippen molar-refractivity contribution < 1.29 is 23.5 Å². The molecule has 1 aliphatic carbocycles. The van der Waals surface area contributed by atoms with Crippen LogP contribution in [-0.2, 0) is 4.79 Å². The van der Waals surface area contributed by atoms with Crippen LogP contribution in [0.3, 0.4) is 0 Å². The maximum absolute atomic E-state index is 13.1. The molecule has 118 valence electrons. The number of carbonyl (C=O) groups excluding carboxylic acids is 1. The second-order valence-corrected chi connectivity index (χ2v) is 5.76. The minimum absolute atomic E-state index is 0.0360. The van der Waals surface area contributed by atoms with Gasteiger partial charge in [-0.15, -0.1) is 0 Å². The van der Waals surface area contributed by atoms with E-state index in [1.807, 2.05) is 0 Å². The lowest BCUT2D eigenvalue weighted by Crippen LogP contribution is -2.32. The van der Waals surface area contributed by atoms with Crippen LogP contribution < -0.4 is 0 Å². The van der Waals surface area contributed by atoms with E-state index >= 15 is 0 Å². The maximum atomic E-state index is 13.1. The summed E-state index contributed by atoms with van der Waals surface area (Å²) in [6, 6.07) is 0. The van der Waals surface area contributed by atoms with Gasteiger partial charge in [0, 0.05) is 26.4 Å². The lowest BCUT2D eigenvalue weighted by Gasteiger charge is -2.29. The topological polar surface area (TPSA) is 73.2 Å². The number of carbonyl (C=O) groups is 2. The standard InChI is InChI=1S/C13H19F2N3O3/c1-17(12(20)21)8-10-6-11(19)18(16-10)7-9-2-4-13(14,15)5-3-9/h9H,2-8H2,1H3,(H,20,21). The molecule has 0 radical (unpaired) electrons. The molecule has 0 atom stereocenters. The first-order chi connectivity index (χ1) is 9.77. The number of carboxylic acid groups (broad SMARTS) is 1. The summed E-state index contributed by atoms with van der Waals surface area (Å²) in [5.74, 6) is -2.74. The van der Waals surface area contributed by atoms with Gasteiger partial charge in [-0.1, -0.05) is 0 Å². The van der Waals surface area contributed by atoms with Crippen molar-refractivity contribution in [2.24, 2.45) is 11.0 Å². The molecule has 1 aliphatic heterocycles. The van der Waals surface area contributed by atoms with Crippen LogP contribution in [0.5, 0.6) is 0 Å². The molecule has 6 nitrogen and oxygen atoms in total. The lowest BCUT2D eigenvalue weighted by atomic mass is 9.86. The van der Waals surface area contributed by atoms with E-state index in [4.69, 9.17) is 5.11 Å². The second kappa shape index (κ2) is 5.95. The molecular weight excluding hydrogens is 284 g/mol. The molecule has 0 aromatic carbocycles. The Morgan fingerprint density at radius 1 is 1.48 bits per heavy atom. The minimum Gasteiger partial charge on any atom is -0.465 e. The van der Waals surface area contributed by atoms with Crippen molar-refractivity contribution in [1.29, 1.82) is 0 Å². The Kier molecular flexibility index (Phi) is 4.43. The third-order valence-electron chi connectivity index (χ3n) is 3.92. The van der Waals surface area contributed by atoms with Crippen LogP contribution >= 0.6 is 0 Å². The number of hydrogen-bond donors (Lipinski definition) is 1. The Morgan fingerprint density at radius 3 is 2.67 bits per heavy atom. The van der Waals surface area contributed by atoms with E-state index in [0.29, 0.717) is 25.1 Å². The highest BCUT2D eigenvalue weighted by Crippen LogP contribution is 2.36. The molecule has 0 spiro atoms. The molecule has 1 saturated carbocycles. The number of rotatable bonds is 4. The molecule has 1 heterocycles. The van der Waals surface area contributed by atoms with Gasteiger partial charge in [-0.2, -0.15) is 5.10 Å². The van der Waals surface area contributed by atoms with Crippen LogP contribution in [-0.4, -0.2) is 58.8 Å². The Bertz CT molecular complexity index is 458. The van der Waals surface area contributed by atoms with Crippen molar-refractivity contribution in [1.82, 2.24) is 9.91 Å². The molecule has 0 aromatic heterocycles. The van der Waals surface area contributed by atoms with E-state index in [0.717, 1.165) is 4.90 Å². The predicted octanol–water partition coefficient (Wildman–Crippen LogP) is 2.01. The van der Waals surface area contributed by atoms with Crippen LogP contribution in [0.15, 0.2) is 5.10 Å². The lowest BCUT2D eigenvalue weighted by molar-refractivity contribution is -0.129. The molecule has 2 amide bonds. The molecule has 1 fully saturated rings. The van der Waals surface area contributed by atoms with Crippen LogP contribution in [0, 0.1) is 5.92 Å². The van der Waals surface area contributed by atoms with Gasteiger partial charge in [0.15, 0.2) is 0 Å². The van der Waals surface area contributed by atoms with Gasteiger partial charge in [-0.25, -0.2) is 18.6 Å². The van der Waals surface area contributed by atoms with Gasteiger partial charge < -0.3 is 10.0 Å². The van der Waals surface area contributed by atoms with Crippen LogP contribution in [0.25, 0.3) is 0 Å². The molecule has 0 aromatic rings. The minimum atomic E-state index is -2.58. The van der Waals surface area contributed by atoms with E-state index in [2.05, 4.69) is 5.10 Å². The summed E-state index contributed by atoms with van der Waals surface area (Å²) < 4.78 is 26.2.